The maximum Gasteiger partial charge on any atom is 0.252 e. The molecule has 0 saturated heterocycles. The maximum absolute atomic E-state index is 12.7. The molecule has 7 heteroatoms. The van der Waals surface area contributed by atoms with Crippen molar-refractivity contribution in [1.82, 2.24) is 19.8 Å². The van der Waals surface area contributed by atoms with Crippen LogP contribution in [0, 0.1) is 0 Å². The first kappa shape index (κ1) is 20.8. The molecule has 0 unspecified atom stereocenters. The van der Waals surface area contributed by atoms with Crippen LogP contribution in [0.1, 0.15) is 41.6 Å². The molecule has 1 saturated carbocycles. The van der Waals surface area contributed by atoms with E-state index < -0.39 is 0 Å². The Kier molecular flexibility index (Phi) is 6.11. The van der Waals surface area contributed by atoms with Crippen LogP contribution in [-0.2, 0) is 17.9 Å². The number of hydrogen-bond donors (Lipinski definition) is 1. The third kappa shape index (κ3) is 4.99. The largest absolute Gasteiger partial charge is 0.349 e. The third-order valence-corrected chi connectivity index (χ3v) is 5.75. The lowest BCUT2D eigenvalue weighted by atomic mass is 10.1. The first-order valence-electron chi connectivity index (χ1n) is 10.6. The molecule has 0 radical (unpaired) electrons. The number of hydrogen-bond acceptors (Lipinski definition) is 4. The van der Waals surface area contributed by atoms with Crippen LogP contribution in [0.4, 0.5) is 0 Å². The van der Waals surface area contributed by atoms with Crippen LogP contribution in [0.3, 0.4) is 0 Å². The lowest BCUT2D eigenvalue weighted by Gasteiger charge is -2.19. The van der Waals surface area contributed by atoms with Gasteiger partial charge >= 0.3 is 0 Å². The van der Waals surface area contributed by atoms with Crippen molar-refractivity contribution in [3.63, 3.8) is 0 Å². The predicted molar refractivity (Wildman–Crippen MR) is 119 cm³/mol. The molecule has 3 aromatic rings. The minimum atomic E-state index is -0.309. The quantitative estimate of drug-likeness (QED) is 0.667. The van der Waals surface area contributed by atoms with Crippen molar-refractivity contribution in [3.05, 3.63) is 76.3 Å². The van der Waals surface area contributed by atoms with Crippen molar-refractivity contribution >= 4 is 22.7 Å². The van der Waals surface area contributed by atoms with Crippen molar-refractivity contribution in [2.45, 2.75) is 44.8 Å². The van der Waals surface area contributed by atoms with Gasteiger partial charge in [-0.25, -0.2) is 0 Å². The van der Waals surface area contributed by atoms with Crippen LogP contribution in [0.25, 0.3) is 10.9 Å². The van der Waals surface area contributed by atoms with Gasteiger partial charge in [-0.1, -0.05) is 25.0 Å². The van der Waals surface area contributed by atoms with Gasteiger partial charge in [0.25, 0.3) is 11.5 Å². The van der Waals surface area contributed by atoms with Gasteiger partial charge < -0.3 is 14.8 Å². The second-order valence-electron chi connectivity index (χ2n) is 8.12. The number of nitrogens with zero attached hydrogens (tertiary/aromatic N) is 3. The first-order chi connectivity index (χ1) is 15.0. The van der Waals surface area contributed by atoms with E-state index in [2.05, 4.69) is 10.3 Å². The molecule has 1 aliphatic rings. The summed E-state index contributed by atoms with van der Waals surface area (Å²) in [5.41, 5.74) is 1.97. The molecule has 1 fully saturated rings. The van der Waals surface area contributed by atoms with Gasteiger partial charge in [0.15, 0.2) is 0 Å². The summed E-state index contributed by atoms with van der Waals surface area (Å²) in [6.45, 7) is 0.301. The standard InChI is InChI=1S/C24H26N4O3/c1-27(14-17-8-10-21-18(13-17)5-4-12-25-21)23(30)16-28-15-19(9-11-22(28)29)24(31)26-20-6-2-3-7-20/h4-5,8-13,15,20H,2-3,6-7,14,16H2,1H3,(H,26,31). The number of pyridine rings is 2. The SMILES string of the molecule is CN(Cc1ccc2ncccc2c1)C(=O)Cn1cc(C(=O)NC2CCCC2)ccc1=O. The highest BCUT2D eigenvalue weighted by Gasteiger charge is 2.19. The zero-order valence-corrected chi connectivity index (χ0v) is 17.6. The molecule has 0 bridgehead atoms. The normalized spacial score (nSPS) is 14.0. The molecule has 0 aliphatic heterocycles. The molecule has 2 heterocycles. The Labute approximate surface area is 180 Å². The lowest BCUT2D eigenvalue weighted by molar-refractivity contribution is -0.131. The van der Waals surface area contributed by atoms with E-state index in [4.69, 9.17) is 0 Å². The van der Waals surface area contributed by atoms with Crippen LogP contribution < -0.4 is 10.9 Å². The molecule has 1 N–H and O–H groups in total. The predicted octanol–water partition coefficient (Wildman–Crippen LogP) is 2.73. The molecule has 2 amide bonds. The van der Waals surface area contributed by atoms with Gasteiger partial charge in [0.05, 0.1) is 11.1 Å². The van der Waals surface area contributed by atoms with Crippen molar-refractivity contribution in [2.24, 2.45) is 0 Å². The van der Waals surface area contributed by atoms with Gasteiger partial charge in [0, 0.05) is 43.5 Å². The Morgan fingerprint density at radius 2 is 1.97 bits per heavy atom. The second kappa shape index (κ2) is 9.12. The Bertz CT molecular complexity index is 1160. The topological polar surface area (TPSA) is 84.3 Å². The van der Waals surface area contributed by atoms with E-state index in [-0.39, 0.29) is 30.0 Å². The Hall–Kier alpha value is -3.48. The minimum Gasteiger partial charge on any atom is -0.349 e. The molecule has 31 heavy (non-hydrogen) atoms. The summed E-state index contributed by atoms with van der Waals surface area (Å²) >= 11 is 0. The fourth-order valence-corrected chi connectivity index (χ4v) is 3.98. The fourth-order valence-electron chi connectivity index (χ4n) is 3.98. The number of benzene rings is 1. The number of amides is 2. The molecule has 1 aromatic carbocycles. The molecule has 0 atom stereocenters. The number of carbonyl (C=O) groups is 2. The van der Waals surface area contributed by atoms with Crippen LogP contribution >= 0.6 is 0 Å². The van der Waals surface area contributed by atoms with Gasteiger partial charge in [-0.3, -0.25) is 19.4 Å². The van der Waals surface area contributed by atoms with Crippen molar-refractivity contribution in [1.29, 1.82) is 0 Å². The lowest BCUT2D eigenvalue weighted by Crippen LogP contribution is -2.35. The zero-order valence-electron chi connectivity index (χ0n) is 17.6. The highest BCUT2D eigenvalue weighted by atomic mass is 16.2. The molecule has 4 rings (SSSR count). The molecule has 7 nitrogen and oxygen atoms in total. The summed E-state index contributed by atoms with van der Waals surface area (Å²) in [6, 6.07) is 12.8. The number of aromatic nitrogens is 2. The van der Waals surface area contributed by atoms with Crippen LogP contribution in [0.15, 0.2) is 59.7 Å². The van der Waals surface area contributed by atoms with E-state index in [1.165, 1.54) is 22.9 Å². The van der Waals surface area contributed by atoms with Crippen molar-refractivity contribution in [3.8, 4) is 0 Å². The van der Waals surface area contributed by atoms with Crippen molar-refractivity contribution < 1.29 is 9.59 Å². The molecular weight excluding hydrogens is 392 g/mol. The average molecular weight is 418 g/mol. The van der Waals surface area contributed by atoms with Gasteiger partial charge in [-0.05, 0) is 42.7 Å². The van der Waals surface area contributed by atoms with E-state index in [9.17, 15) is 14.4 Å². The monoisotopic (exact) mass is 418 g/mol. The van der Waals surface area contributed by atoms with E-state index in [0.717, 1.165) is 42.1 Å². The number of nitrogens with one attached hydrogen (secondary N) is 1. The first-order valence-corrected chi connectivity index (χ1v) is 10.6. The van der Waals surface area contributed by atoms with Crippen molar-refractivity contribution in [2.75, 3.05) is 7.05 Å². The summed E-state index contributed by atoms with van der Waals surface area (Å²) in [7, 11) is 1.71. The van der Waals surface area contributed by atoms with Crippen LogP contribution in [-0.4, -0.2) is 39.4 Å². The third-order valence-electron chi connectivity index (χ3n) is 5.75. The number of rotatable bonds is 6. The number of likely N-dealkylation sites (N-methyl/N-ethyl adjacent to an activating group) is 1. The molecular formula is C24H26N4O3. The van der Waals surface area contributed by atoms with Gasteiger partial charge in [-0.15, -0.1) is 0 Å². The Morgan fingerprint density at radius 1 is 1.16 bits per heavy atom. The summed E-state index contributed by atoms with van der Waals surface area (Å²) in [6.07, 6.45) is 7.44. The van der Waals surface area contributed by atoms with E-state index in [1.54, 1.807) is 18.1 Å². The number of fused-ring (bicyclic) bond motifs is 1. The Morgan fingerprint density at radius 3 is 2.77 bits per heavy atom. The van der Waals surface area contributed by atoms with Crippen LogP contribution in [0.2, 0.25) is 0 Å². The highest BCUT2D eigenvalue weighted by Crippen LogP contribution is 2.18. The molecule has 1 aliphatic carbocycles. The fraction of sp³-hybridized carbons (Fsp3) is 0.333. The number of carbonyl (C=O) groups excluding carboxylic acids is 2. The van der Waals surface area contributed by atoms with E-state index in [1.807, 2.05) is 30.3 Å². The summed E-state index contributed by atoms with van der Waals surface area (Å²) in [5, 5.41) is 4.02. The maximum atomic E-state index is 12.7. The highest BCUT2D eigenvalue weighted by molar-refractivity contribution is 5.94. The summed E-state index contributed by atoms with van der Waals surface area (Å²) in [5.74, 6) is -0.409. The summed E-state index contributed by atoms with van der Waals surface area (Å²) in [4.78, 5) is 43.4. The second-order valence-corrected chi connectivity index (χ2v) is 8.12. The van der Waals surface area contributed by atoms with Gasteiger partial charge in [-0.2, -0.15) is 0 Å². The van der Waals surface area contributed by atoms with E-state index in [0.29, 0.717) is 12.1 Å². The van der Waals surface area contributed by atoms with Crippen LogP contribution in [0.5, 0.6) is 0 Å². The molecule has 160 valence electrons. The summed E-state index contributed by atoms with van der Waals surface area (Å²) < 4.78 is 1.30. The van der Waals surface area contributed by atoms with E-state index >= 15 is 0 Å². The van der Waals surface area contributed by atoms with Gasteiger partial charge in [0.2, 0.25) is 5.91 Å². The molecule has 0 spiro atoms. The molecule has 2 aromatic heterocycles. The zero-order chi connectivity index (χ0) is 21.8. The average Bonchev–Trinajstić information content (AvgIpc) is 3.28. The Balaban J connectivity index is 1.42. The van der Waals surface area contributed by atoms with Gasteiger partial charge in [0.1, 0.15) is 6.54 Å². The smallest absolute Gasteiger partial charge is 0.252 e. The minimum absolute atomic E-state index is 0.116.